The molecule has 172 valence electrons. The molecule has 5 rings (SSSR count). The van der Waals surface area contributed by atoms with Crippen molar-refractivity contribution in [1.82, 2.24) is 15.2 Å². The Hall–Kier alpha value is -4.33. The molecule has 0 unspecified atom stereocenters. The fraction of sp³-hybridized carbons (Fsp3) is 0.192. The first-order valence-corrected chi connectivity index (χ1v) is 11.0. The fourth-order valence-corrected chi connectivity index (χ4v) is 3.87. The number of nitrogens with one attached hydrogen (secondary N) is 2. The lowest BCUT2D eigenvalue weighted by Crippen LogP contribution is -2.32. The van der Waals surface area contributed by atoms with Crippen molar-refractivity contribution in [2.45, 2.75) is 13.0 Å². The molecule has 34 heavy (non-hydrogen) atoms. The van der Waals surface area contributed by atoms with E-state index in [0.717, 1.165) is 33.9 Å². The quantitative estimate of drug-likeness (QED) is 0.431. The standard InChI is InChI=1S/C26H24N4O4/c1-32-22-6-8-24-18(11-22)10-19(15-33-24)26(31)30-23-7-5-17(20-13-28-29-14-20)12-25(23)34-16-21-4-2-3-9-27-21/h2-9,11-14,19H,10,15-16H2,1H3,(H,28,29)(H,30,31)/t19-/m1/s1. The maximum Gasteiger partial charge on any atom is 0.231 e. The van der Waals surface area contributed by atoms with E-state index in [2.05, 4.69) is 20.5 Å². The Bertz CT molecular complexity index is 1280. The number of rotatable bonds is 7. The lowest BCUT2D eigenvalue weighted by atomic mass is 9.95. The van der Waals surface area contributed by atoms with Gasteiger partial charge in [-0.25, -0.2) is 0 Å². The number of hydrogen-bond acceptors (Lipinski definition) is 6. The first-order valence-electron chi connectivity index (χ1n) is 11.0. The van der Waals surface area contributed by atoms with Crippen LogP contribution >= 0.6 is 0 Å². The molecule has 0 radical (unpaired) electrons. The molecule has 1 aliphatic rings. The minimum absolute atomic E-state index is 0.132. The summed E-state index contributed by atoms with van der Waals surface area (Å²) >= 11 is 0. The number of H-pyrrole nitrogens is 1. The van der Waals surface area contributed by atoms with Crippen molar-refractivity contribution in [3.63, 3.8) is 0 Å². The highest BCUT2D eigenvalue weighted by Crippen LogP contribution is 2.34. The zero-order valence-electron chi connectivity index (χ0n) is 18.7. The molecule has 3 heterocycles. The van der Waals surface area contributed by atoms with Gasteiger partial charge in [0.1, 0.15) is 30.5 Å². The van der Waals surface area contributed by atoms with Gasteiger partial charge in [0.05, 0.1) is 30.6 Å². The van der Waals surface area contributed by atoms with E-state index in [9.17, 15) is 4.79 Å². The number of fused-ring (bicyclic) bond motifs is 1. The predicted molar refractivity (Wildman–Crippen MR) is 127 cm³/mol. The van der Waals surface area contributed by atoms with E-state index in [1.807, 2.05) is 54.6 Å². The van der Waals surface area contributed by atoms with Crippen LogP contribution in [0.15, 0.2) is 73.2 Å². The average molecular weight is 457 g/mol. The topological polar surface area (TPSA) is 98.4 Å². The van der Waals surface area contributed by atoms with E-state index in [1.54, 1.807) is 25.7 Å². The number of pyridine rings is 1. The molecule has 4 aromatic rings. The lowest BCUT2D eigenvalue weighted by Gasteiger charge is -2.25. The Kier molecular flexibility index (Phi) is 6.11. The molecule has 0 spiro atoms. The van der Waals surface area contributed by atoms with Crippen molar-refractivity contribution in [3.05, 3.63) is 84.4 Å². The van der Waals surface area contributed by atoms with Crippen LogP contribution < -0.4 is 19.5 Å². The molecule has 0 bridgehead atoms. The van der Waals surface area contributed by atoms with Gasteiger partial charge in [0.25, 0.3) is 0 Å². The SMILES string of the molecule is COc1ccc2c(c1)C[C@@H](C(=O)Nc1ccc(-c3cn[nH]c3)cc1OCc1ccccn1)CO2. The normalized spacial score (nSPS) is 14.6. The largest absolute Gasteiger partial charge is 0.497 e. The van der Waals surface area contributed by atoms with Crippen molar-refractivity contribution in [1.29, 1.82) is 0 Å². The van der Waals surface area contributed by atoms with Gasteiger partial charge in [-0.3, -0.25) is 14.9 Å². The summed E-state index contributed by atoms with van der Waals surface area (Å²) in [5.41, 5.74) is 4.17. The van der Waals surface area contributed by atoms with Gasteiger partial charge in [0.2, 0.25) is 5.91 Å². The van der Waals surface area contributed by atoms with Crippen LogP contribution in [0, 0.1) is 5.92 Å². The van der Waals surface area contributed by atoms with Crippen LogP contribution in [0.3, 0.4) is 0 Å². The number of carbonyl (C=O) groups excluding carboxylic acids is 1. The van der Waals surface area contributed by atoms with E-state index in [4.69, 9.17) is 14.2 Å². The third-order valence-electron chi connectivity index (χ3n) is 5.72. The minimum Gasteiger partial charge on any atom is -0.497 e. The van der Waals surface area contributed by atoms with Crippen molar-refractivity contribution in [3.8, 4) is 28.4 Å². The van der Waals surface area contributed by atoms with Gasteiger partial charge >= 0.3 is 0 Å². The summed E-state index contributed by atoms with van der Waals surface area (Å²) in [5, 5.41) is 9.86. The molecule has 2 aromatic heterocycles. The number of carbonyl (C=O) groups is 1. The molecule has 0 aliphatic carbocycles. The predicted octanol–water partition coefficient (Wildman–Crippen LogP) is 4.25. The van der Waals surface area contributed by atoms with Gasteiger partial charge in [0.15, 0.2) is 0 Å². The minimum atomic E-state index is -0.336. The van der Waals surface area contributed by atoms with Crippen LogP contribution in [0.5, 0.6) is 17.2 Å². The molecule has 0 saturated heterocycles. The lowest BCUT2D eigenvalue weighted by molar-refractivity contribution is -0.121. The molecular formula is C26H24N4O4. The van der Waals surface area contributed by atoms with Gasteiger partial charge < -0.3 is 19.5 Å². The second-order valence-corrected chi connectivity index (χ2v) is 7.98. The molecule has 1 atom stereocenters. The van der Waals surface area contributed by atoms with Crippen molar-refractivity contribution in [2.24, 2.45) is 5.92 Å². The first kappa shape index (κ1) is 21.5. The molecule has 0 saturated carbocycles. The number of hydrogen-bond donors (Lipinski definition) is 2. The Morgan fingerprint density at radius 3 is 2.91 bits per heavy atom. The number of amides is 1. The first-order chi connectivity index (χ1) is 16.7. The second kappa shape index (κ2) is 9.66. The summed E-state index contributed by atoms with van der Waals surface area (Å²) in [6.07, 6.45) is 5.83. The number of methoxy groups -OCH3 is 1. The number of anilines is 1. The summed E-state index contributed by atoms with van der Waals surface area (Å²) in [4.78, 5) is 17.5. The average Bonchev–Trinajstić information content (AvgIpc) is 3.43. The van der Waals surface area contributed by atoms with Crippen molar-refractivity contribution >= 4 is 11.6 Å². The number of aromatic amines is 1. The Labute approximate surface area is 196 Å². The molecule has 8 heteroatoms. The smallest absolute Gasteiger partial charge is 0.231 e. The number of benzene rings is 2. The van der Waals surface area contributed by atoms with E-state index < -0.39 is 0 Å². The van der Waals surface area contributed by atoms with Gasteiger partial charge in [0, 0.05) is 18.0 Å². The van der Waals surface area contributed by atoms with Crippen LogP contribution in [0.4, 0.5) is 5.69 Å². The van der Waals surface area contributed by atoms with Crippen LogP contribution in [0.1, 0.15) is 11.3 Å². The fourth-order valence-electron chi connectivity index (χ4n) is 3.87. The van der Waals surface area contributed by atoms with Gasteiger partial charge in [-0.15, -0.1) is 0 Å². The summed E-state index contributed by atoms with van der Waals surface area (Å²) in [5.74, 6) is 1.61. The zero-order chi connectivity index (χ0) is 23.3. The molecule has 1 amide bonds. The van der Waals surface area contributed by atoms with Crippen LogP contribution in [-0.4, -0.2) is 34.8 Å². The molecule has 2 N–H and O–H groups in total. The Morgan fingerprint density at radius 1 is 1.18 bits per heavy atom. The van der Waals surface area contributed by atoms with E-state index >= 15 is 0 Å². The van der Waals surface area contributed by atoms with Crippen LogP contribution in [0.25, 0.3) is 11.1 Å². The summed E-state index contributed by atoms with van der Waals surface area (Å²) in [6.45, 7) is 0.584. The summed E-state index contributed by atoms with van der Waals surface area (Å²) in [7, 11) is 1.62. The molecule has 1 aliphatic heterocycles. The maximum absolute atomic E-state index is 13.2. The van der Waals surface area contributed by atoms with Gasteiger partial charge in [-0.2, -0.15) is 5.10 Å². The van der Waals surface area contributed by atoms with E-state index in [1.165, 1.54) is 0 Å². The monoisotopic (exact) mass is 456 g/mol. The second-order valence-electron chi connectivity index (χ2n) is 7.98. The van der Waals surface area contributed by atoms with Crippen LogP contribution in [-0.2, 0) is 17.8 Å². The van der Waals surface area contributed by atoms with Crippen molar-refractivity contribution in [2.75, 3.05) is 19.0 Å². The molecular weight excluding hydrogens is 432 g/mol. The number of nitrogens with zero attached hydrogens (tertiary/aromatic N) is 2. The Morgan fingerprint density at radius 2 is 2.12 bits per heavy atom. The van der Waals surface area contributed by atoms with Gasteiger partial charge in [-0.1, -0.05) is 12.1 Å². The van der Waals surface area contributed by atoms with E-state index in [0.29, 0.717) is 24.5 Å². The number of aromatic nitrogens is 3. The number of ether oxygens (including phenoxy) is 3. The zero-order valence-corrected chi connectivity index (χ0v) is 18.7. The van der Waals surface area contributed by atoms with Gasteiger partial charge in [-0.05, 0) is 60.0 Å². The highest BCUT2D eigenvalue weighted by atomic mass is 16.5. The van der Waals surface area contributed by atoms with E-state index in [-0.39, 0.29) is 18.4 Å². The third kappa shape index (κ3) is 4.71. The van der Waals surface area contributed by atoms with Crippen molar-refractivity contribution < 1.29 is 19.0 Å². The molecule has 2 aromatic carbocycles. The highest BCUT2D eigenvalue weighted by Gasteiger charge is 2.27. The highest BCUT2D eigenvalue weighted by molar-refractivity contribution is 5.95. The van der Waals surface area contributed by atoms with Crippen LogP contribution in [0.2, 0.25) is 0 Å². The molecule has 0 fully saturated rings. The summed E-state index contributed by atoms with van der Waals surface area (Å²) in [6, 6.07) is 17.0. The third-order valence-corrected chi connectivity index (χ3v) is 5.72. The maximum atomic E-state index is 13.2. The Balaban J connectivity index is 1.36. The molecule has 8 nitrogen and oxygen atoms in total. The summed E-state index contributed by atoms with van der Waals surface area (Å²) < 4.78 is 17.2.